The first kappa shape index (κ1) is 17.3. The summed E-state index contributed by atoms with van der Waals surface area (Å²) in [5.74, 6) is 1.33. The fourth-order valence-corrected chi connectivity index (χ4v) is 2.57. The van der Waals surface area contributed by atoms with Gasteiger partial charge in [-0.1, -0.05) is 11.6 Å². The lowest BCUT2D eigenvalue weighted by Gasteiger charge is -2.14. The summed E-state index contributed by atoms with van der Waals surface area (Å²) in [4.78, 5) is 16.6. The molecule has 0 spiro atoms. The van der Waals surface area contributed by atoms with Crippen molar-refractivity contribution < 1.29 is 14.6 Å². The molecule has 0 aliphatic carbocycles. The molecule has 1 heterocycles. The lowest BCUT2D eigenvalue weighted by molar-refractivity contribution is 0.0914. The van der Waals surface area contributed by atoms with Gasteiger partial charge in [-0.2, -0.15) is 0 Å². The number of rotatable bonds is 6. The zero-order valence-corrected chi connectivity index (χ0v) is 14.3. The van der Waals surface area contributed by atoms with Crippen molar-refractivity contribution in [3.05, 3.63) is 64.2 Å². The molecular weight excluding hydrogens is 344 g/mol. The number of hydrogen-bond donors (Lipinski definition) is 1. The Hall–Kier alpha value is -2.57. The van der Waals surface area contributed by atoms with Gasteiger partial charge in [0.1, 0.15) is 24.2 Å². The van der Waals surface area contributed by atoms with E-state index in [0.29, 0.717) is 21.7 Å². The normalized spacial score (nSPS) is 12.1. The van der Waals surface area contributed by atoms with Crippen LogP contribution >= 0.6 is 11.6 Å². The second kappa shape index (κ2) is 7.55. The van der Waals surface area contributed by atoms with Crippen molar-refractivity contribution in [2.45, 2.75) is 12.6 Å². The summed E-state index contributed by atoms with van der Waals surface area (Å²) in [6.45, 7) is 0.137. The third-order valence-corrected chi connectivity index (χ3v) is 3.93. The highest BCUT2D eigenvalue weighted by Gasteiger charge is 2.10. The van der Waals surface area contributed by atoms with Gasteiger partial charge in [-0.3, -0.25) is 9.36 Å². The van der Waals surface area contributed by atoms with Crippen LogP contribution in [0.1, 0.15) is 0 Å². The number of benzene rings is 2. The van der Waals surface area contributed by atoms with Gasteiger partial charge >= 0.3 is 0 Å². The Labute approximate surface area is 149 Å². The minimum absolute atomic E-state index is 0.0530. The maximum Gasteiger partial charge on any atom is 0.261 e. The number of aliphatic hydroxyl groups excluding tert-OH is 1. The van der Waals surface area contributed by atoms with Crippen LogP contribution in [0, 0.1) is 0 Å². The molecule has 0 saturated carbocycles. The Kier molecular flexibility index (Phi) is 5.21. The van der Waals surface area contributed by atoms with Gasteiger partial charge in [-0.05, 0) is 42.5 Å². The Balaban J connectivity index is 1.67. The van der Waals surface area contributed by atoms with Crippen molar-refractivity contribution in [3.63, 3.8) is 0 Å². The van der Waals surface area contributed by atoms with E-state index in [4.69, 9.17) is 21.1 Å². The van der Waals surface area contributed by atoms with Gasteiger partial charge in [-0.15, -0.1) is 0 Å². The first-order valence-electron chi connectivity index (χ1n) is 7.66. The number of aromatic nitrogens is 2. The van der Waals surface area contributed by atoms with Gasteiger partial charge in [0.05, 0.1) is 30.9 Å². The molecule has 0 saturated heterocycles. The van der Waals surface area contributed by atoms with Gasteiger partial charge < -0.3 is 14.6 Å². The molecule has 1 atom stereocenters. The van der Waals surface area contributed by atoms with Crippen LogP contribution in [0.5, 0.6) is 11.5 Å². The highest BCUT2D eigenvalue weighted by Crippen LogP contribution is 2.17. The van der Waals surface area contributed by atoms with Crippen molar-refractivity contribution in [1.82, 2.24) is 9.55 Å². The molecule has 3 aromatic rings. The predicted molar refractivity (Wildman–Crippen MR) is 95.5 cm³/mol. The second-order valence-corrected chi connectivity index (χ2v) is 5.94. The third kappa shape index (κ3) is 4.10. The average molecular weight is 361 g/mol. The standard InChI is InChI=1S/C18H17ClN2O4/c1-24-14-3-5-15(6-4-14)25-10-13(22)9-21-11-20-17-8-12(19)2-7-16(17)18(21)23/h2-8,11,13,22H,9-10H2,1H3/t13-/m0/s1. The van der Waals surface area contributed by atoms with Gasteiger partial charge in [0.25, 0.3) is 5.56 Å². The molecule has 6 nitrogen and oxygen atoms in total. The van der Waals surface area contributed by atoms with E-state index in [1.807, 2.05) is 0 Å². The van der Waals surface area contributed by atoms with Crippen molar-refractivity contribution in [2.75, 3.05) is 13.7 Å². The van der Waals surface area contributed by atoms with Crippen molar-refractivity contribution in [3.8, 4) is 11.5 Å². The van der Waals surface area contributed by atoms with Crippen LogP contribution in [0.15, 0.2) is 53.6 Å². The predicted octanol–water partition coefficient (Wildman–Crippen LogP) is 2.50. The Bertz CT molecular complexity index is 925. The molecule has 0 unspecified atom stereocenters. The smallest absolute Gasteiger partial charge is 0.261 e. The molecule has 25 heavy (non-hydrogen) atoms. The van der Waals surface area contributed by atoms with Gasteiger partial charge in [0.15, 0.2) is 0 Å². The average Bonchev–Trinajstić information content (AvgIpc) is 2.62. The van der Waals surface area contributed by atoms with E-state index in [9.17, 15) is 9.90 Å². The Morgan fingerprint density at radius 1 is 1.20 bits per heavy atom. The summed E-state index contributed by atoms with van der Waals surface area (Å²) in [6.07, 6.45) is 0.545. The molecule has 0 amide bonds. The first-order chi connectivity index (χ1) is 12.1. The number of nitrogens with zero attached hydrogens (tertiary/aromatic N) is 2. The van der Waals surface area contributed by atoms with Crippen LogP contribution in [0.25, 0.3) is 10.9 Å². The molecule has 2 aromatic carbocycles. The van der Waals surface area contributed by atoms with Crippen LogP contribution in [-0.4, -0.2) is 34.5 Å². The number of halogens is 1. The summed E-state index contributed by atoms with van der Waals surface area (Å²) < 4.78 is 12.0. The molecule has 1 aromatic heterocycles. The van der Waals surface area contributed by atoms with Gasteiger partial charge in [0, 0.05) is 5.02 Å². The fourth-order valence-electron chi connectivity index (χ4n) is 2.41. The molecule has 1 N–H and O–H groups in total. The Morgan fingerprint density at radius 2 is 1.92 bits per heavy atom. The van der Waals surface area contributed by atoms with Crippen molar-refractivity contribution in [2.24, 2.45) is 0 Å². The van der Waals surface area contributed by atoms with E-state index in [0.717, 1.165) is 5.75 Å². The molecule has 0 bridgehead atoms. The maximum atomic E-state index is 12.4. The van der Waals surface area contributed by atoms with E-state index >= 15 is 0 Å². The molecular formula is C18H17ClN2O4. The third-order valence-electron chi connectivity index (χ3n) is 3.70. The zero-order chi connectivity index (χ0) is 17.8. The van der Waals surface area contributed by atoms with Crippen LogP contribution in [0.2, 0.25) is 5.02 Å². The highest BCUT2D eigenvalue weighted by atomic mass is 35.5. The summed E-state index contributed by atoms with van der Waals surface area (Å²) in [7, 11) is 1.59. The fraction of sp³-hybridized carbons (Fsp3) is 0.222. The number of ether oxygens (including phenoxy) is 2. The molecule has 0 fully saturated rings. The molecule has 7 heteroatoms. The Morgan fingerprint density at radius 3 is 2.64 bits per heavy atom. The van der Waals surface area contributed by atoms with Crippen LogP contribution < -0.4 is 15.0 Å². The lowest BCUT2D eigenvalue weighted by atomic mass is 10.2. The minimum Gasteiger partial charge on any atom is -0.497 e. The second-order valence-electron chi connectivity index (χ2n) is 5.50. The van der Waals surface area contributed by atoms with Crippen LogP contribution in [0.3, 0.4) is 0 Å². The maximum absolute atomic E-state index is 12.4. The van der Waals surface area contributed by atoms with Crippen molar-refractivity contribution >= 4 is 22.5 Å². The summed E-state index contributed by atoms with van der Waals surface area (Å²) in [5.41, 5.74) is 0.294. The molecule has 3 rings (SSSR count). The summed E-state index contributed by atoms with van der Waals surface area (Å²) in [6, 6.07) is 11.9. The summed E-state index contributed by atoms with van der Waals surface area (Å²) >= 11 is 5.90. The van der Waals surface area contributed by atoms with Crippen LogP contribution in [0.4, 0.5) is 0 Å². The lowest BCUT2D eigenvalue weighted by Crippen LogP contribution is -2.30. The van der Waals surface area contributed by atoms with Gasteiger partial charge in [-0.25, -0.2) is 4.98 Å². The number of methoxy groups -OCH3 is 1. The summed E-state index contributed by atoms with van der Waals surface area (Å²) in [5, 5.41) is 11.1. The quantitative estimate of drug-likeness (QED) is 0.731. The van der Waals surface area contributed by atoms with Crippen molar-refractivity contribution in [1.29, 1.82) is 0 Å². The molecule has 0 radical (unpaired) electrons. The molecule has 0 aliphatic heterocycles. The first-order valence-corrected chi connectivity index (χ1v) is 8.04. The molecule has 0 aliphatic rings. The number of fused-ring (bicyclic) bond motifs is 1. The van der Waals surface area contributed by atoms with E-state index in [2.05, 4.69) is 4.98 Å². The number of hydrogen-bond acceptors (Lipinski definition) is 5. The monoisotopic (exact) mass is 360 g/mol. The SMILES string of the molecule is COc1ccc(OC[C@@H](O)Cn2cnc3cc(Cl)ccc3c2=O)cc1. The van der Waals surface area contributed by atoms with E-state index in [1.165, 1.54) is 10.9 Å². The topological polar surface area (TPSA) is 73.6 Å². The van der Waals surface area contributed by atoms with Gasteiger partial charge in [0.2, 0.25) is 0 Å². The minimum atomic E-state index is -0.855. The highest BCUT2D eigenvalue weighted by molar-refractivity contribution is 6.31. The van der Waals surface area contributed by atoms with E-state index < -0.39 is 6.10 Å². The van der Waals surface area contributed by atoms with E-state index in [1.54, 1.807) is 49.6 Å². The zero-order valence-electron chi connectivity index (χ0n) is 13.6. The largest absolute Gasteiger partial charge is 0.497 e. The van der Waals surface area contributed by atoms with E-state index in [-0.39, 0.29) is 18.7 Å². The molecule has 130 valence electrons. The number of aliphatic hydroxyl groups is 1. The van der Waals surface area contributed by atoms with Crippen LogP contribution in [-0.2, 0) is 6.54 Å².